The highest BCUT2D eigenvalue weighted by Gasteiger charge is 2.48. The minimum Gasteiger partial charge on any atom is -0.460 e. The van der Waals surface area contributed by atoms with Crippen LogP contribution >= 0.6 is 11.6 Å². The molecule has 10 unspecified atom stereocenters. The monoisotopic (exact) mass is 553 g/mol. The molecule has 0 aromatic rings. The van der Waals surface area contributed by atoms with Crippen molar-refractivity contribution in [3.8, 4) is 0 Å². The molecule has 6 fully saturated rings. The Morgan fingerprint density at radius 1 is 1.03 bits per heavy atom. The maximum atomic E-state index is 13.9. The van der Waals surface area contributed by atoms with E-state index in [-0.39, 0.29) is 23.7 Å². The van der Waals surface area contributed by atoms with Gasteiger partial charge in [0.25, 0.3) is 6.02 Å². The fraction of sp³-hybridized carbons (Fsp3) is 0.967. The van der Waals surface area contributed by atoms with Gasteiger partial charge in [0.05, 0.1) is 24.3 Å². The number of ether oxygens (including phenoxy) is 3. The number of alkyl halides is 2. The predicted octanol–water partition coefficient (Wildman–Crippen LogP) is 5.32. The van der Waals surface area contributed by atoms with Crippen LogP contribution in [0.4, 0.5) is 4.39 Å². The van der Waals surface area contributed by atoms with E-state index in [4.69, 9.17) is 30.8 Å². The fourth-order valence-corrected chi connectivity index (χ4v) is 9.47. The molecule has 10 atom stereocenters. The summed E-state index contributed by atoms with van der Waals surface area (Å²) >= 11 is 6.39. The second kappa shape index (κ2) is 12.1. The molecule has 0 aromatic heterocycles. The third kappa shape index (κ3) is 5.73. The summed E-state index contributed by atoms with van der Waals surface area (Å²) in [6, 6.07) is 2.15. The Labute approximate surface area is 233 Å². The first-order valence-electron chi connectivity index (χ1n) is 15.7. The van der Waals surface area contributed by atoms with Gasteiger partial charge in [-0.25, -0.2) is 9.38 Å². The van der Waals surface area contributed by atoms with Gasteiger partial charge in [-0.1, -0.05) is 0 Å². The lowest BCUT2D eigenvalue weighted by Gasteiger charge is -2.46. The van der Waals surface area contributed by atoms with E-state index in [9.17, 15) is 4.39 Å². The minimum atomic E-state index is -0.615. The van der Waals surface area contributed by atoms with Crippen LogP contribution in [0.15, 0.2) is 4.99 Å². The molecule has 4 saturated carbocycles. The average Bonchev–Trinajstić information content (AvgIpc) is 3.61. The molecule has 0 aromatic carbocycles. The SMILES string of the molecule is CCOC1CC(CN2CCC3C(N=C4NC5CCC(Cl)CC5O4)CCC32)CC(OC)C1C1CCC(F)CC1. The Morgan fingerprint density at radius 2 is 1.84 bits per heavy atom. The quantitative estimate of drug-likeness (QED) is 0.433. The lowest BCUT2D eigenvalue weighted by atomic mass is 9.67. The zero-order valence-corrected chi connectivity index (χ0v) is 24.2. The van der Waals surface area contributed by atoms with Crippen LogP contribution in [-0.4, -0.2) is 85.7 Å². The van der Waals surface area contributed by atoms with E-state index in [0.29, 0.717) is 54.6 Å². The third-order valence-electron chi connectivity index (χ3n) is 11.0. The zero-order valence-electron chi connectivity index (χ0n) is 23.4. The molecule has 2 saturated heterocycles. The number of hydrogen-bond acceptors (Lipinski definition) is 5. The molecular weight excluding hydrogens is 505 g/mol. The molecule has 1 N–H and O–H groups in total. The Hall–Kier alpha value is -0.630. The lowest BCUT2D eigenvalue weighted by Crippen LogP contribution is -2.49. The van der Waals surface area contributed by atoms with Gasteiger partial charge in [0, 0.05) is 44.0 Å². The molecule has 0 radical (unpaired) electrons. The summed E-state index contributed by atoms with van der Waals surface area (Å²) in [5, 5.41) is 3.80. The third-order valence-corrected chi connectivity index (χ3v) is 11.4. The molecule has 2 heterocycles. The first kappa shape index (κ1) is 27.5. The summed E-state index contributed by atoms with van der Waals surface area (Å²) in [6.07, 6.45) is 12.3. The van der Waals surface area contributed by atoms with Crippen LogP contribution in [0, 0.1) is 23.7 Å². The Kier molecular flexibility index (Phi) is 8.75. The second-order valence-electron chi connectivity index (χ2n) is 13.1. The smallest absolute Gasteiger partial charge is 0.285 e. The zero-order chi connectivity index (χ0) is 26.2. The van der Waals surface area contributed by atoms with Gasteiger partial charge >= 0.3 is 0 Å². The van der Waals surface area contributed by atoms with Crippen molar-refractivity contribution in [3.63, 3.8) is 0 Å². The molecule has 0 spiro atoms. The van der Waals surface area contributed by atoms with Gasteiger partial charge < -0.3 is 19.5 Å². The van der Waals surface area contributed by atoms with Crippen molar-refractivity contribution < 1.29 is 18.6 Å². The molecule has 2 aliphatic heterocycles. The Morgan fingerprint density at radius 3 is 2.63 bits per heavy atom. The fourth-order valence-electron chi connectivity index (χ4n) is 9.17. The summed E-state index contributed by atoms with van der Waals surface area (Å²) in [4.78, 5) is 7.89. The molecule has 38 heavy (non-hydrogen) atoms. The van der Waals surface area contributed by atoms with Crippen molar-refractivity contribution in [3.05, 3.63) is 0 Å². The average molecular weight is 554 g/mol. The van der Waals surface area contributed by atoms with E-state index in [1.807, 2.05) is 7.11 Å². The van der Waals surface area contributed by atoms with E-state index in [1.54, 1.807) is 0 Å². The summed E-state index contributed by atoms with van der Waals surface area (Å²) in [5.41, 5.74) is 0. The van der Waals surface area contributed by atoms with Crippen LogP contribution < -0.4 is 5.32 Å². The van der Waals surface area contributed by atoms with Gasteiger partial charge in [-0.3, -0.25) is 4.90 Å². The highest BCUT2D eigenvalue weighted by atomic mass is 35.5. The number of halogens is 2. The number of methoxy groups -OCH3 is 1. The summed E-state index contributed by atoms with van der Waals surface area (Å²) < 4.78 is 32.6. The van der Waals surface area contributed by atoms with E-state index in [0.717, 1.165) is 70.5 Å². The van der Waals surface area contributed by atoms with E-state index in [2.05, 4.69) is 17.1 Å². The van der Waals surface area contributed by atoms with Gasteiger partial charge in [0.15, 0.2) is 0 Å². The Bertz CT molecular complexity index is 827. The molecule has 0 amide bonds. The largest absolute Gasteiger partial charge is 0.460 e. The topological polar surface area (TPSA) is 55.3 Å². The van der Waals surface area contributed by atoms with Crippen molar-refractivity contribution in [2.45, 2.75) is 132 Å². The van der Waals surface area contributed by atoms with Gasteiger partial charge in [-0.2, -0.15) is 0 Å². The summed E-state index contributed by atoms with van der Waals surface area (Å²) in [7, 11) is 1.87. The number of aliphatic imine (C=N–C) groups is 1. The van der Waals surface area contributed by atoms with Crippen molar-refractivity contribution in [1.29, 1.82) is 0 Å². The van der Waals surface area contributed by atoms with E-state index in [1.165, 1.54) is 19.4 Å². The molecule has 6 nitrogen and oxygen atoms in total. The van der Waals surface area contributed by atoms with Crippen LogP contribution in [-0.2, 0) is 14.2 Å². The molecule has 8 heteroatoms. The van der Waals surface area contributed by atoms with Crippen molar-refractivity contribution in [2.24, 2.45) is 28.7 Å². The number of fused-ring (bicyclic) bond motifs is 2. The van der Waals surface area contributed by atoms with Gasteiger partial charge in [0.1, 0.15) is 12.3 Å². The predicted molar refractivity (Wildman–Crippen MR) is 148 cm³/mol. The van der Waals surface area contributed by atoms with Crippen molar-refractivity contribution >= 4 is 17.6 Å². The summed E-state index contributed by atoms with van der Waals surface area (Å²) in [5.74, 6) is 2.14. The maximum absolute atomic E-state index is 13.9. The standard InChI is InChI=1S/C30H49ClFN3O3/c1-3-37-28-15-18(14-27(36-2)29(28)19-4-7-21(32)8-5-19)17-35-13-12-22-23(10-11-25(22)35)33-30-34-24-9-6-20(31)16-26(24)38-30/h18-29H,3-17H2,1-2H3,(H,33,34). The number of hydrogen-bond donors (Lipinski definition) is 1. The van der Waals surface area contributed by atoms with E-state index >= 15 is 0 Å². The number of nitrogens with one attached hydrogen (secondary N) is 1. The molecule has 0 bridgehead atoms. The molecule has 6 rings (SSSR count). The summed E-state index contributed by atoms with van der Waals surface area (Å²) in [6.45, 7) is 5.15. The van der Waals surface area contributed by atoms with Crippen LogP contribution in [0.25, 0.3) is 0 Å². The normalized spacial score (nSPS) is 48.5. The number of rotatable bonds is 7. The lowest BCUT2D eigenvalue weighted by molar-refractivity contribution is -0.121. The van der Waals surface area contributed by atoms with Crippen molar-refractivity contribution in [1.82, 2.24) is 10.2 Å². The molecule has 4 aliphatic carbocycles. The van der Waals surface area contributed by atoms with Gasteiger partial charge in [0.2, 0.25) is 0 Å². The molecular formula is C30H49ClFN3O3. The minimum absolute atomic E-state index is 0.191. The molecule has 6 aliphatic rings. The molecule has 216 valence electrons. The van der Waals surface area contributed by atoms with Crippen molar-refractivity contribution in [2.75, 3.05) is 26.8 Å². The van der Waals surface area contributed by atoms with Gasteiger partial charge in [-0.15, -0.1) is 11.6 Å². The van der Waals surface area contributed by atoms with E-state index < -0.39 is 6.17 Å². The maximum Gasteiger partial charge on any atom is 0.285 e. The van der Waals surface area contributed by atoms with Crippen LogP contribution in [0.1, 0.15) is 84.0 Å². The number of amidine groups is 1. The van der Waals surface area contributed by atoms with Gasteiger partial charge in [-0.05, 0) is 102 Å². The first-order valence-corrected chi connectivity index (χ1v) is 16.1. The van der Waals surface area contributed by atoms with Crippen LogP contribution in [0.3, 0.4) is 0 Å². The number of likely N-dealkylation sites (tertiary alicyclic amines) is 1. The highest BCUT2D eigenvalue weighted by Crippen LogP contribution is 2.45. The first-order chi connectivity index (χ1) is 18.5. The Balaban J connectivity index is 1.06. The van der Waals surface area contributed by atoms with Crippen LogP contribution in [0.2, 0.25) is 0 Å². The van der Waals surface area contributed by atoms with Crippen LogP contribution in [0.5, 0.6) is 0 Å². The second-order valence-corrected chi connectivity index (χ2v) is 13.7. The highest BCUT2D eigenvalue weighted by molar-refractivity contribution is 6.20. The number of nitrogens with zero attached hydrogens (tertiary/aromatic N) is 2.